The van der Waals surface area contributed by atoms with E-state index in [2.05, 4.69) is 40.4 Å². The van der Waals surface area contributed by atoms with Crippen molar-refractivity contribution in [3.05, 3.63) is 81.6 Å². The summed E-state index contributed by atoms with van der Waals surface area (Å²) in [6.07, 6.45) is 4.25. The molecule has 3 heterocycles. The first-order valence-corrected chi connectivity index (χ1v) is 12.8. The smallest absolute Gasteiger partial charge is 0.319 e. The fourth-order valence-electron chi connectivity index (χ4n) is 4.75. The van der Waals surface area contributed by atoms with Crippen LogP contribution in [-0.4, -0.2) is 35.5 Å². The van der Waals surface area contributed by atoms with Crippen molar-refractivity contribution in [1.82, 2.24) is 15.2 Å². The van der Waals surface area contributed by atoms with Gasteiger partial charge in [0.2, 0.25) is 0 Å². The number of hydrogen-bond acceptors (Lipinski definition) is 4. The van der Waals surface area contributed by atoms with E-state index in [0.717, 1.165) is 65.5 Å². The van der Waals surface area contributed by atoms with Gasteiger partial charge in [-0.05, 0) is 82.5 Å². The van der Waals surface area contributed by atoms with Gasteiger partial charge in [-0.1, -0.05) is 6.07 Å². The zero-order chi connectivity index (χ0) is 25.9. The van der Waals surface area contributed by atoms with E-state index < -0.39 is 17.7 Å². The first-order chi connectivity index (χ1) is 17.1. The Bertz CT molecular complexity index is 1210. The monoisotopic (exact) mass is 516 g/mol. The van der Waals surface area contributed by atoms with Crippen LogP contribution in [0.2, 0.25) is 0 Å². The van der Waals surface area contributed by atoms with E-state index in [9.17, 15) is 18.0 Å². The van der Waals surface area contributed by atoms with Crippen LogP contribution in [0, 0.1) is 29.1 Å². The molecule has 0 bridgehead atoms. The molecule has 192 valence electrons. The van der Waals surface area contributed by atoms with Crippen molar-refractivity contribution >= 4 is 23.1 Å². The number of benzene rings is 1. The molecule has 3 aromatic rings. The molecule has 0 radical (unpaired) electrons. The molecule has 2 N–H and O–H groups in total. The Morgan fingerprint density at radius 2 is 1.94 bits per heavy atom. The molecular weight excluding hydrogens is 485 g/mol. The topological polar surface area (TPSA) is 57.3 Å². The summed E-state index contributed by atoms with van der Waals surface area (Å²) in [7, 11) is 0. The van der Waals surface area contributed by atoms with Crippen molar-refractivity contribution in [3.8, 4) is 0 Å². The summed E-state index contributed by atoms with van der Waals surface area (Å²) in [4.78, 5) is 20.5. The lowest BCUT2D eigenvalue weighted by Crippen LogP contribution is -2.45. The highest BCUT2D eigenvalue weighted by Gasteiger charge is 2.43. The number of anilines is 1. The van der Waals surface area contributed by atoms with Gasteiger partial charge in [-0.2, -0.15) is 4.39 Å². The van der Waals surface area contributed by atoms with Crippen LogP contribution in [-0.2, 0) is 12.0 Å². The van der Waals surface area contributed by atoms with E-state index >= 15 is 0 Å². The van der Waals surface area contributed by atoms with Gasteiger partial charge in [-0.15, -0.1) is 11.3 Å². The minimum absolute atomic E-state index is 0.176. The van der Waals surface area contributed by atoms with E-state index in [1.807, 2.05) is 25.3 Å². The molecule has 2 aromatic heterocycles. The number of nitrogens with one attached hydrogen (secondary N) is 2. The van der Waals surface area contributed by atoms with E-state index in [4.69, 9.17) is 0 Å². The highest BCUT2D eigenvalue weighted by atomic mass is 32.1. The molecule has 1 aliphatic heterocycles. The van der Waals surface area contributed by atoms with Gasteiger partial charge < -0.3 is 10.6 Å². The molecule has 4 rings (SSSR count). The summed E-state index contributed by atoms with van der Waals surface area (Å²) >= 11 is 1.15. The minimum atomic E-state index is -1.02. The maximum Gasteiger partial charge on any atom is 0.319 e. The summed E-state index contributed by atoms with van der Waals surface area (Å²) < 4.78 is 40.3. The van der Waals surface area contributed by atoms with E-state index in [1.165, 1.54) is 12.1 Å². The molecule has 5 nitrogen and oxygen atoms in total. The zero-order valence-corrected chi connectivity index (χ0v) is 21.5. The lowest BCUT2D eigenvalue weighted by molar-refractivity contribution is 0.127. The maximum atomic E-state index is 13.6. The number of amides is 2. The van der Waals surface area contributed by atoms with Gasteiger partial charge in [0.15, 0.2) is 16.8 Å². The first-order valence-electron chi connectivity index (χ1n) is 12.0. The van der Waals surface area contributed by atoms with Gasteiger partial charge in [0.05, 0.1) is 0 Å². The summed E-state index contributed by atoms with van der Waals surface area (Å²) in [5, 5.41) is 5.30. The average molecular weight is 517 g/mol. The normalized spacial score (nSPS) is 18.4. The van der Waals surface area contributed by atoms with E-state index in [0.29, 0.717) is 13.0 Å². The SMILES string of the molecule is Cc1ccc(C(C)(C)N2CCC(CCc3ccc(F)s3)(CNC(=O)Nc3ccc(F)c(F)c3)C2)cn1. The highest BCUT2D eigenvalue weighted by Crippen LogP contribution is 2.41. The molecule has 2 amide bonds. The molecule has 1 aliphatic rings. The maximum absolute atomic E-state index is 13.6. The molecule has 1 aromatic carbocycles. The highest BCUT2D eigenvalue weighted by molar-refractivity contribution is 7.10. The number of carbonyl (C=O) groups is 1. The Morgan fingerprint density at radius 1 is 1.14 bits per heavy atom. The molecule has 0 aliphatic carbocycles. The third-order valence-electron chi connectivity index (χ3n) is 7.18. The predicted molar refractivity (Wildman–Crippen MR) is 137 cm³/mol. The van der Waals surface area contributed by atoms with Crippen LogP contribution < -0.4 is 10.6 Å². The average Bonchev–Trinajstić information content (AvgIpc) is 3.46. The zero-order valence-electron chi connectivity index (χ0n) is 20.7. The Kier molecular flexibility index (Phi) is 7.70. The fraction of sp³-hybridized carbons (Fsp3) is 0.407. The van der Waals surface area contributed by atoms with Crippen LogP contribution in [0.25, 0.3) is 0 Å². The second-order valence-electron chi connectivity index (χ2n) is 10.1. The third kappa shape index (κ3) is 6.07. The molecule has 0 spiro atoms. The van der Waals surface area contributed by atoms with Crippen LogP contribution >= 0.6 is 11.3 Å². The van der Waals surface area contributed by atoms with E-state index in [1.54, 1.807) is 0 Å². The number of pyridine rings is 1. The molecule has 0 saturated carbocycles. The van der Waals surface area contributed by atoms with Crippen molar-refractivity contribution in [2.75, 3.05) is 25.0 Å². The number of aromatic nitrogens is 1. The van der Waals surface area contributed by atoms with Crippen molar-refractivity contribution in [3.63, 3.8) is 0 Å². The number of likely N-dealkylation sites (tertiary alicyclic amines) is 1. The van der Waals surface area contributed by atoms with Crippen LogP contribution in [0.15, 0.2) is 48.7 Å². The van der Waals surface area contributed by atoms with Crippen molar-refractivity contribution in [1.29, 1.82) is 0 Å². The Hall–Kier alpha value is -2.91. The van der Waals surface area contributed by atoms with Gasteiger partial charge in [0.25, 0.3) is 0 Å². The van der Waals surface area contributed by atoms with Gasteiger partial charge in [-0.3, -0.25) is 9.88 Å². The molecule has 1 atom stereocenters. The van der Waals surface area contributed by atoms with Crippen molar-refractivity contribution in [2.45, 2.75) is 45.6 Å². The Morgan fingerprint density at radius 3 is 2.61 bits per heavy atom. The summed E-state index contributed by atoms with van der Waals surface area (Å²) in [6.45, 7) is 8.29. The van der Waals surface area contributed by atoms with Crippen molar-refractivity contribution < 1.29 is 18.0 Å². The Labute approximate surface area is 213 Å². The lowest BCUT2D eigenvalue weighted by atomic mass is 9.81. The number of aryl methyl sites for hydroxylation is 2. The molecular formula is C27H31F3N4OS. The standard InChI is InChI=1S/C27H31F3N4OS/c1-18-4-5-19(15-31-18)26(2,3)34-13-12-27(17-34,11-10-21-7-9-24(30)36-21)16-32-25(35)33-20-6-8-22(28)23(29)14-20/h4-9,14-15H,10-13,16-17H2,1-3H3,(H2,32,33,35). The van der Waals surface area contributed by atoms with Crippen LogP contribution in [0.1, 0.15) is 42.8 Å². The second-order valence-corrected chi connectivity index (χ2v) is 11.2. The van der Waals surface area contributed by atoms with Crippen LogP contribution in [0.4, 0.5) is 23.7 Å². The van der Waals surface area contributed by atoms with Crippen LogP contribution in [0.3, 0.4) is 0 Å². The van der Waals surface area contributed by atoms with Gasteiger partial charge >= 0.3 is 6.03 Å². The van der Waals surface area contributed by atoms with Gasteiger partial charge in [0, 0.05) is 52.6 Å². The number of thiophene rings is 1. The number of rotatable bonds is 8. The van der Waals surface area contributed by atoms with Crippen molar-refractivity contribution in [2.24, 2.45) is 5.41 Å². The number of halogens is 3. The number of urea groups is 1. The molecule has 1 fully saturated rings. The number of nitrogens with zero attached hydrogens (tertiary/aromatic N) is 2. The van der Waals surface area contributed by atoms with Gasteiger partial charge in [-0.25, -0.2) is 13.6 Å². The molecule has 36 heavy (non-hydrogen) atoms. The predicted octanol–water partition coefficient (Wildman–Crippen LogP) is 6.25. The molecule has 9 heteroatoms. The largest absolute Gasteiger partial charge is 0.337 e. The fourth-order valence-corrected chi connectivity index (χ4v) is 5.48. The summed E-state index contributed by atoms with van der Waals surface area (Å²) in [5.41, 5.74) is 1.76. The van der Waals surface area contributed by atoms with Crippen LogP contribution in [0.5, 0.6) is 0 Å². The summed E-state index contributed by atoms with van der Waals surface area (Å²) in [6, 6.07) is 10.2. The summed E-state index contributed by atoms with van der Waals surface area (Å²) in [5.74, 6) is -1.99. The first kappa shape index (κ1) is 26.2. The minimum Gasteiger partial charge on any atom is -0.337 e. The molecule has 1 saturated heterocycles. The third-order valence-corrected chi connectivity index (χ3v) is 8.11. The Balaban J connectivity index is 1.47. The number of carbonyl (C=O) groups excluding carboxylic acids is 1. The molecule has 1 unspecified atom stereocenters. The number of hydrogen-bond donors (Lipinski definition) is 2. The second kappa shape index (κ2) is 10.6. The quantitative estimate of drug-likeness (QED) is 0.372. The van der Waals surface area contributed by atoms with Gasteiger partial charge in [0.1, 0.15) is 0 Å². The van der Waals surface area contributed by atoms with E-state index in [-0.39, 0.29) is 21.8 Å². The lowest BCUT2D eigenvalue weighted by Gasteiger charge is -2.38.